The summed E-state index contributed by atoms with van der Waals surface area (Å²) >= 11 is 6.68. The van der Waals surface area contributed by atoms with Crippen LogP contribution >= 0.6 is 24.0 Å². The molecule has 1 fully saturated rings. The van der Waals surface area contributed by atoms with Crippen LogP contribution in [0.3, 0.4) is 0 Å². The summed E-state index contributed by atoms with van der Waals surface area (Å²) in [6.07, 6.45) is 1.74. The molecule has 0 spiro atoms. The Hall–Kier alpha value is -2.84. The number of carboxylic acid groups (broad SMARTS) is 1. The maximum Gasteiger partial charge on any atom is 0.341 e. The Morgan fingerprint density at radius 1 is 1.13 bits per heavy atom. The SMILES string of the molecule is CCOc1cc(/C=C2/SC(=S)N(c3ccc(C)c(C)c3)C2=O)ccc1OCC(=O)O. The third-order valence-corrected chi connectivity index (χ3v) is 5.76. The maximum atomic E-state index is 13.0. The highest BCUT2D eigenvalue weighted by molar-refractivity contribution is 8.27. The number of nitrogens with zero attached hydrogens (tertiary/aromatic N) is 1. The molecule has 8 heteroatoms. The summed E-state index contributed by atoms with van der Waals surface area (Å²) in [5, 5.41) is 8.81. The number of carbonyl (C=O) groups is 2. The number of carbonyl (C=O) groups excluding carboxylic acids is 1. The van der Waals surface area contributed by atoms with Crippen molar-refractivity contribution in [3.05, 3.63) is 58.0 Å². The fraction of sp³-hybridized carbons (Fsp3) is 0.227. The summed E-state index contributed by atoms with van der Waals surface area (Å²) < 4.78 is 11.3. The zero-order valence-electron chi connectivity index (χ0n) is 16.8. The molecule has 0 bridgehead atoms. The molecule has 1 amide bonds. The van der Waals surface area contributed by atoms with E-state index >= 15 is 0 Å². The number of amides is 1. The number of aryl methyl sites for hydroxylation is 2. The monoisotopic (exact) mass is 443 g/mol. The van der Waals surface area contributed by atoms with Crippen molar-refractivity contribution in [2.45, 2.75) is 20.8 Å². The zero-order valence-corrected chi connectivity index (χ0v) is 18.4. The van der Waals surface area contributed by atoms with E-state index in [1.54, 1.807) is 24.3 Å². The van der Waals surface area contributed by atoms with E-state index in [4.69, 9.17) is 26.8 Å². The number of anilines is 1. The van der Waals surface area contributed by atoms with E-state index in [9.17, 15) is 9.59 Å². The standard InChI is InChI=1S/C22H21NO5S2/c1-4-27-18-10-15(6-8-17(18)28-12-20(24)25)11-19-21(26)23(22(29)30-19)16-7-5-13(2)14(3)9-16/h5-11H,4,12H2,1-3H3,(H,24,25)/b19-11+. The number of benzene rings is 2. The van der Waals surface area contributed by atoms with E-state index in [0.717, 1.165) is 22.4 Å². The smallest absolute Gasteiger partial charge is 0.341 e. The van der Waals surface area contributed by atoms with Gasteiger partial charge in [-0.05, 0) is 67.8 Å². The highest BCUT2D eigenvalue weighted by Gasteiger charge is 2.33. The van der Waals surface area contributed by atoms with Gasteiger partial charge in [0.2, 0.25) is 0 Å². The number of rotatable bonds is 7. The Balaban J connectivity index is 1.88. The summed E-state index contributed by atoms with van der Waals surface area (Å²) in [4.78, 5) is 25.8. The molecule has 1 aliphatic heterocycles. The molecule has 1 aliphatic rings. The van der Waals surface area contributed by atoms with Crippen molar-refractivity contribution < 1.29 is 24.2 Å². The van der Waals surface area contributed by atoms with Crippen molar-refractivity contribution in [2.75, 3.05) is 18.1 Å². The van der Waals surface area contributed by atoms with Gasteiger partial charge in [-0.3, -0.25) is 9.69 Å². The molecule has 1 N–H and O–H groups in total. The van der Waals surface area contributed by atoms with Crippen LogP contribution in [-0.2, 0) is 9.59 Å². The third kappa shape index (κ3) is 4.83. The van der Waals surface area contributed by atoms with E-state index in [1.165, 1.54) is 16.7 Å². The normalized spacial score (nSPS) is 15.0. The number of ether oxygens (including phenoxy) is 2. The molecule has 0 unspecified atom stereocenters. The molecule has 2 aromatic carbocycles. The van der Waals surface area contributed by atoms with Crippen molar-refractivity contribution in [2.24, 2.45) is 0 Å². The van der Waals surface area contributed by atoms with Crippen molar-refractivity contribution in [3.63, 3.8) is 0 Å². The lowest BCUT2D eigenvalue weighted by atomic mass is 10.1. The number of thiocarbonyl (C=S) groups is 1. The van der Waals surface area contributed by atoms with Gasteiger partial charge in [-0.2, -0.15) is 0 Å². The summed E-state index contributed by atoms with van der Waals surface area (Å²) in [7, 11) is 0. The largest absolute Gasteiger partial charge is 0.490 e. The highest BCUT2D eigenvalue weighted by atomic mass is 32.2. The van der Waals surface area contributed by atoms with E-state index < -0.39 is 12.6 Å². The molecular formula is C22H21NO5S2. The quantitative estimate of drug-likeness (QED) is 0.496. The van der Waals surface area contributed by atoms with Gasteiger partial charge in [-0.25, -0.2) is 4.79 Å². The van der Waals surface area contributed by atoms with Crippen LogP contribution in [-0.4, -0.2) is 34.5 Å². The third-order valence-electron chi connectivity index (χ3n) is 4.46. The van der Waals surface area contributed by atoms with Crippen LogP contribution < -0.4 is 14.4 Å². The fourth-order valence-corrected chi connectivity index (χ4v) is 4.15. The molecule has 0 atom stereocenters. The molecule has 0 saturated carbocycles. The number of carboxylic acids is 1. The summed E-state index contributed by atoms with van der Waals surface area (Å²) in [6, 6.07) is 10.9. The molecular weight excluding hydrogens is 422 g/mol. The van der Waals surface area contributed by atoms with Gasteiger partial charge in [-0.15, -0.1) is 0 Å². The van der Waals surface area contributed by atoms with Gasteiger partial charge in [-0.1, -0.05) is 36.1 Å². The number of aliphatic carboxylic acids is 1. The van der Waals surface area contributed by atoms with Gasteiger partial charge < -0.3 is 14.6 Å². The van der Waals surface area contributed by atoms with E-state index in [-0.39, 0.29) is 5.91 Å². The average Bonchev–Trinajstić information content (AvgIpc) is 2.97. The Morgan fingerprint density at radius 3 is 2.57 bits per heavy atom. The van der Waals surface area contributed by atoms with E-state index in [2.05, 4.69) is 0 Å². The van der Waals surface area contributed by atoms with E-state index in [1.807, 2.05) is 39.0 Å². The summed E-state index contributed by atoms with van der Waals surface area (Å²) in [5.74, 6) is -0.509. The van der Waals surface area contributed by atoms with Gasteiger partial charge in [0.1, 0.15) is 0 Å². The van der Waals surface area contributed by atoms with Gasteiger partial charge >= 0.3 is 5.97 Å². The molecule has 6 nitrogen and oxygen atoms in total. The first kappa shape index (κ1) is 21.9. The number of hydrogen-bond donors (Lipinski definition) is 1. The van der Waals surface area contributed by atoms with Gasteiger partial charge in [0.25, 0.3) is 5.91 Å². The Kier molecular flexibility index (Phi) is 6.79. The predicted molar refractivity (Wildman–Crippen MR) is 122 cm³/mol. The zero-order chi connectivity index (χ0) is 21.8. The first-order valence-electron chi connectivity index (χ1n) is 9.26. The van der Waals surface area contributed by atoms with Crippen LogP contribution in [0.4, 0.5) is 5.69 Å². The molecule has 0 radical (unpaired) electrons. The van der Waals surface area contributed by atoms with Crippen LogP contribution in [0.1, 0.15) is 23.6 Å². The first-order chi connectivity index (χ1) is 14.3. The molecule has 1 heterocycles. The van der Waals surface area contributed by atoms with Crippen molar-refractivity contribution in [3.8, 4) is 11.5 Å². The van der Waals surface area contributed by atoms with Gasteiger partial charge in [0.15, 0.2) is 22.4 Å². The minimum absolute atomic E-state index is 0.183. The summed E-state index contributed by atoms with van der Waals surface area (Å²) in [6.45, 7) is 5.76. The molecule has 2 aromatic rings. The Bertz CT molecular complexity index is 1050. The van der Waals surface area contributed by atoms with Crippen LogP contribution in [0.2, 0.25) is 0 Å². The molecule has 30 heavy (non-hydrogen) atoms. The van der Waals surface area contributed by atoms with Crippen molar-refractivity contribution in [1.82, 2.24) is 0 Å². The van der Waals surface area contributed by atoms with Crippen LogP contribution in [0.25, 0.3) is 6.08 Å². The minimum Gasteiger partial charge on any atom is -0.490 e. The number of hydrogen-bond acceptors (Lipinski definition) is 6. The number of thioether (sulfide) groups is 1. The molecule has 3 rings (SSSR count). The Morgan fingerprint density at radius 2 is 1.90 bits per heavy atom. The molecule has 1 saturated heterocycles. The second kappa shape index (κ2) is 9.32. The van der Waals surface area contributed by atoms with Gasteiger partial charge in [0, 0.05) is 0 Å². The van der Waals surface area contributed by atoms with E-state index in [0.29, 0.717) is 27.3 Å². The predicted octanol–water partition coefficient (Wildman–Crippen LogP) is 4.57. The first-order valence-corrected chi connectivity index (χ1v) is 10.5. The lowest BCUT2D eigenvalue weighted by Crippen LogP contribution is -2.27. The van der Waals surface area contributed by atoms with Crippen LogP contribution in [0.15, 0.2) is 41.3 Å². The Labute approximate surface area is 184 Å². The second-order valence-electron chi connectivity index (χ2n) is 6.61. The molecule has 0 aliphatic carbocycles. The fourth-order valence-electron chi connectivity index (χ4n) is 2.85. The second-order valence-corrected chi connectivity index (χ2v) is 8.28. The van der Waals surface area contributed by atoms with Crippen molar-refractivity contribution >= 4 is 51.9 Å². The topological polar surface area (TPSA) is 76.1 Å². The highest BCUT2D eigenvalue weighted by Crippen LogP contribution is 2.37. The molecule has 156 valence electrons. The van der Waals surface area contributed by atoms with Crippen LogP contribution in [0.5, 0.6) is 11.5 Å². The average molecular weight is 444 g/mol. The van der Waals surface area contributed by atoms with Crippen molar-refractivity contribution in [1.29, 1.82) is 0 Å². The lowest BCUT2D eigenvalue weighted by Gasteiger charge is -2.16. The minimum atomic E-state index is -1.07. The molecule has 0 aromatic heterocycles. The summed E-state index contributed by atoms with van der Waals surface area (Å²) in [5.41, 5.74) is 3.70. The maximum absolute atomic E-state index is 13.0. The van der Waals surface area contributed by atoms with Crippen LogP contribution in [0, 0.1) is 13.8 Å². The van der Waals surface area contributed by atoms with Gasteiger partial charge in [0.05, 0.1) is 17.2 Å². The lowest BCUT2D eigenvalue weighted by molar-refractivity contribution is -0.139.